The lowest BCUT2D eigenvalue weighted by Crippen LogP contribution is -2.61. The van der Waals surface area contributed by atoms with Crippen LogP contribution in [0.2, 0.25) is 0 Å². The van der Waals surface area contributed by atoms with Crippen molar-refractivity contribution in [1.29, 1.82) is 0 Å². The monoisotopic (exact) mass is 847 g/mol. The molecule has 2 fully saturated rings. The zero-order valence-electron chi connectivity index (χ0n) is 36.2. The summed E-state index contributed by atoms with van der Waals surface area (Å²) in [6.45, 7) is 3.55. The van der Waals surface area contributed by atoms with Gasteiger partial charge in [0.1, 0.15) is 54.9 Å². The van der Waals surface area contributed by atoms with Crippen molar-refractivity contribution >= 4 is 5.97 Å². The quantitative estimate of drug-likeness (QED) is 0.0246. The van der Waals surface area contributed by atoms with Gasteiger partial charge in [0.05, 0.1) is 26.4 Å². The Morgan fingerprint density at radius 3 is 1.66 bits per heavy atom. The van der Waals surface area contributed by atoms with Crippen LogP contribution >= 0.6 is 0 Å². The highest BCUT2D eigenvalue weighted by Gasteiger charge is 2.47. The highest BCUT2D eigenvalue weighted by Crippen LogP contribution is 2.26. The number of ether oxygens (including phenoxy) is 6. The van der Waals surface area contributed by atoms with E-state index in [1.807, 2.05) is 0 Å². The molecule has 0 saturated carbocycles. The third kappa shape index (κ3) is 22.9. The molecule has 0 radical (unpaired) electrons. The Morgan fingerprint density at radius 2 is 1.05 bits per heavy atom. The molecule has 0 aromatic rings. The van der Waals surface area contributed by atoms with E-state index < -0.39 is 86.7 Å². The second kappa shape index (κ2) is 34.0. The van der Waals surface area contributed by atoms with Crippen molar-refractivity contribution in [2.75, 3.05) is 33.0 Å². The number of hydrogen-bond acceptors (Lipinski definition) is 14. The average Bonchev–Trinajstić information content (AvgIpc) is 3.23. The van der Waals surface area contributed by atoms with Gasteiger partial charge in [-0.25, -0.2) is 0 Å². The summed E-state index contributed by atoms with van der Waals surface area (Å²) in [5, 5.41) is 71.7. The summed E-state index contributed by atoms with van der Waals surface area (Å²) in [4.78, 5) is 12.7. The van der Waals surface area contributed by atoms with Crippen molar-refractivity contribution in [1.82, 2.24) is 0 Å². The van der Waals surface area contributed by atoms with Crippen LogP contribution in [-0.2, 0) is 33.2 Å². The van der Waals surface area contributed by atoms with E-state index in [9.17, 15) is 40.5 Å². The zero-order chi connectivity index (χ0) is 43.1. The summed E-state index contributed by atoms with van der Waals surface area (Å²) < 4.78 is 34.0. The van der Waals surface area contributed by atoms with Crippen molar-refractivity contribution < 1.29 is 69.0 Å². The zero-order valence-corrected chi connectivity index (χ0v) is 36.2. The van der Waals surface area contributed by atoms with Gasteiger partial charge in [-0.2, -0.15) is 0 Å². The Morgan fingerprint density at radius 1 is 0.559 bits per heavy atom. The van der Waals surface area contributed by atoms with Gasteiger partial charge in [0.15, 0.2) is 12.6 Å². The minimum atomic E-state index is -1.70. The molecule has 0 bridgehead atoms. The molecule has 11 atom stereocenters. The molecule has 2 aliphatic heterocycles. The highest BCUT2D eigenvalue weighted by molar-refractivity contribution is 5.69. The number of allylic oxidation sites excluding steroid dienone is 4. The molecule has 2 heterocycles. The Bertz CT molecular complexity index is 1080. The first-order valence-electron chi connectivity index (χ1n) is 22.9. The predicted molar refractivity (Wildman–Crippen MR) is 224 cm³/mol. The van der Waals surface area contributed by atoms with Gasteiger partial charge < -0.3 is 64.2 Å². The Kier molecular flexibility index (Phi) is 30.9. The summed E-state index contributed by atoms with van der Waals surface area (Å²) in [6, 6.07) is 0. The Labute approximate surface area is 354 Å². The molecular weight excluding hydrogens is 764 g/mol. The van der Waals surface area contributed by atoms with Crippen LogP contribution in [0.5, 0.6) is 0 Å². The molecule has 0 aromatic heterocycles. The molecule has 7 N–H and O–H groups in total. The van der Waals surface area contributed by atoms with Gasteiger partial charge in [-0.1, -0.05) is 128 Å². The predicted octanol–water partition coefficient (Wildman–Crippen LogP) is 5.29. The highest BCUT2D eigenvalue weighted by atomic mass is 16.7. The topological polar surface area (TPSA) is 214 Å². The summed E-state index contributed by atoms with van der Waals surface area (Å²) in [7, 11) is 0. The fourth-order valence-corrected chi connectivity index (χ4v) is 7.14. The van der Waals surface area contributed by atoms with Gasteiger partial charge >= 0.3 is 5.97 Å². The third-order valence-electron chi connectivity index (χ3n) is 11.0. The molecule has 2 aliphatic rings. The molecule has 2 saturated heterocycles. The first-order valence-corrected chi connectivity index (χ1v) is 22.9. The van der Waals surface area contributed by atoms with Crippen molar-refractivity contribution in [2.45, 2.75) is 223 Å². The van der Waals surface area contributed by atoms with Gasteiger partial charge in [-0.05, 0) is 44.9 Å². The molecular formula is C45H82O14. The van der Waals surface area contributed by atoms with Crippen molar-refractivity contribution in [3.8, 4) is 0 Å². The van der Waals surface area contributed by atoms with E-state index in [-0.39, 0.29) is 19.6 Å². The fraction of sp³-hybridized carbons (Fsp3) is 0.889. The summed E-state index contributed by atoms with van der Waals surface area (Å²) in [5.41, 5.74) is 0. The molecule has 0 aliphatic carbocycles. The first-order chi connectivity index (χ1) is 28.6. The van der Waals surface area contributed by atoms with Crippen LogP contribution in [0.4, 0.5) is 0 Å². The van der Waals surface area contributed by atoms with Gasteiger partial charge in [0, 0.05) is 13.0 Å². The van der Waals surface area contributed by atoms with Crippen molar-refractivity contribution in [3.63, 3.8) is 0 Å². The average molecular weight is 847 g/mol. The van der Waals surface area contributed by atoms with E-state index in [1.165, 1.54) is 77.0 Å². The molecule has 59 heavy (non-hydrogen) atoms. The number of rotatable bonds is 35. The number of aliphatic hydroxyl groups is 7. The first kappa shape index (κ1) is 53.6. The van der Waals surface area contributed by atoms with Crippen LogP contribution in [0, 0.1) is 0 Å². The van der Waals surface area contributed by atoms with Crippen molar-refractivity contribution in [2.24, 2.45) is 0 Å². The molecule has 11 unspecified atom stereocenters. The van der Waals surface area contributed by atoms with Crippen LogP contribution in [-0.4, -0.2) is 142 Å². The van der Waals surface area contributed by atoms with Crippen molar-refractivity contribution in [3.05, 3.63) is 24.3 Å². The van der Waals surface area contributed by atoms with E-state index in [0.717, 1.165) is 51.4 Å². The van der Waals surface area contributed by atoms with Gasteiger partial charge in [0.25, 0.3) is 0 Å². The number of unbranched alkanes of at least 4 members (excludes halogenated alkanes) is 17. The van der Waals surface area contributed by atoms with E-state index in [1.54, 1.807) is 0 Å². The van der Waals surface area contributed by atoms with Gasteiger partial charge in [-0.3, -0.25) is 4.79 Å². The summed E-state index contributed by atoms with van der Waals surface area (Å²) in [6.07, 6.45) is 17.3. The van der Waals surface area contributed by atoms with Gasteiger partial charge in [0.2, 0.25) is 0 Å². The normalized spacial score (nSPS) is 28.2. The van der Waals surface area contributed by atoms with Crippen LogP contribution < -0.4 is 0 Å². The molecule has 2 rings (SSSR count). The van der Waals surface area contributed by atoms with Crippen LogP contribution in [0.15, 0.2) is 24.3 Å². The minimum Gasteiger partial charge on any atom is -0.457 e. The smallest absolute Gasteiger partial charge is 0.306 e. The Balaban J connectivity index is 1.70. The molecule has 0 aromatic carbocycles. The molecule has 14 nitrogen and oxygen atoms in total. The van der Waals surface area contributed by atoms with E-state index in [0.29, 0.717) is 13.0 Å². The van der Waals surface area contributed by atoms with E-state index in [2.05, 4.69) is 38.2 Å². The van der Waals surface area contributed by atoms with Crippen LogP contribution in [0.3, 0.4) is 0 Å². The molecule has 346 valence electrons. The summed E-state index contributed by atoms with van der Waals surface area (Å²) >= 11 is 0. The van der Waals surface area contributed by atoms with Crippen LogP contribution in [0.1, 0.15) is 155 Å². The number of esters is 1. The second-order valence-corrected chi connectivity index (χ2v) is 16.2. The third-order valence-corrected chi connectivity index (χ3v) is 11.0. The maximum atomic E-state index is 12.7. The maximum absolute atomic E-state index is 12.7. The molecule has 0 amide bonds. The largest absolute Gasteiger partial charge is 0.457 e. The lowest BCUT2D eigenvalue weighted by molar-refractivity contribution is -0.332. The number of hydrogen-bond donors (Lipinski definition) is 7. The number of carbonyl (C=O) groups excluding carboxylic acids is 1. The lowest BCUT2D eigenvalue weighted by Gasteiger charge is -2.42. The standard InChI is InChI=1S/C45H82O14/c1-3-5-7-9-10-11-12-13-14-15-16-17-18-19-20-21-22-23-25-27-29-54-31-34(57-37(47)28-26-24-8-6-4-2)32-55-44-43(53)41(51)39(49)36(59-44)33-56-45-42(52)40(50)38(48)35(30-46)58-45/h10-11,13-14,34-36,38-46,48-53H,3-9,12,15-33H2,1-2H3/b11-10-,14-13-. The fourth-order valence-electron chi connectivity index (χ4n) is 7.14. The van der Waals surface area contributed by atoms with E-state index >= 15 is 0 Å². The minimum absolute atomic E-state index is 0.0607. The lowest BCUT2D eigenvalue weighted by atomic mass is 9.98. The van der Waals surface area contributed by atoms with Gasteiger partial charge in [-0.15, -0.1) is 0 Å². The SMILES string of the molecule is CCCCC/C=C\C/C=C\CCCCCCCCCCCCOCC(COC1OC(COC2OC(CO)C(O)C(O)C2O)C(O)C(O)C1O)OC(=O)CCCCCCC. The second-order valence-electron chi connectivity index (χ2n) is 16.2. The molecule has 14 heteroatoms. The van der Waals surface area contributed by atoms with E-state index in [4.69, 9.17) is 28.4 Å². The number of carbonyl (C=O) groups is 1. The number of aliphatic hydroxyl groups excluding tert-OH is 7. The summed E-state index contributed by atoms with van der Waals surface area (Å²) in [5.74, 6) is -0.390. The molecule has 0 spiro atoms. The Hall–Kier alpha value is -1.53. The maximum Gasteiger partial charge on any atom is 0.306 e. The van der Waals surface area contributed by atoms with Crippen LogP contribution in [0.25, 0.3) is 0 Å².